The number of hydrogen-bond donors (Lipinski definition) is 3. The molecule has 41 heavy (non-hydrogen) atoms. The summed E-state index contributed by atoms with van der Waals surface area (Å²) in [7, 11) is 1.82. The Morgan fingerprint density at radius 3 is 2.37 bits per heavy atom. The number of benzene rings is 1. The van der Waals surface area contributed by atoms with Gasteiger partial charge in [0, 0.05) is 24.7 Å². The molecule has 0 saturated heterocycles. The molecule has 2 amide bonds. The van der Waals surface area contributed by atoms with Gasteiger partial charge in [0.1, 0.15) is 18.0 Å². The zero-order valence-corrected chi connectivity index (χ0v) is 23.8. The molecule has 1 aromatic carbocycles. The first-order chi connectivity index (χ1) is 19.2. The minimum atomic E-state index is -4.41. The molecule has 10 nitrogen and oxygen atoms in total. The molecule has 3 rings (SSSR count). The Balaban J connectivity index is 1.68. The van der Waals surface area contributed by atoms with Gasteiger partial charge in [-0.3, -0.25) is 14.7 Å². The minimum absolute atomic E-state index is 0.257. The fraction of sp³-hybridized carbons (Fsp3) is 0.500. The number of carbonyl (C=O) groups excluding carboxylic acids is 3. The Hall–Kier alpha value is -4.03. The lowest BCUT2D eigenvalue weighted by atomic mass is 9.88. The van der Waals surface area contributed by atoms with Gasteiger partial charge in [-0.15, -0.1) is 0 Å². The van der Waals surface area contributed by atoms with Crippen LogP contribution in [0.1, 0.15) is 58.1 Å². The van der Waals surface area contributed by atoms with E-state index in [-0.39, 0.29) is 12.2 Å². The molecular weight excluding hydrogens is 541 g/mol. The lowest BCUT2D eigenvalue weighted by Crippen LogP contribution is -2.49. The molecule has 3 N–H and O–H groups in total. The SMILES string of the molecule is CCCC[C@H](NC(=O)O[C@H](CN1C=C(c2ccc(C(F)(F)F)cc2)N(C)C1)C(C)(C)C)C(=O)C(=O)Nc1ccn[nH]1. The molecule has 1 aliphatic rings. The highest BCUT2D eigenvalue weighted by atomic mass is 19.4. The van der Waals surface area contributed by atoms with Gasteiger partial charge in [0.2, 0.25) is 5.78 Å². The largest absolute Gasteiger partial charge is 0.444 e. The van der Waals surface area contributed by atoms with Crippen LogP contribution in [-0.4, -0.2) is 70.2 Å². The number of H-pyrrole nitrogens is 1. The number of halogens is 3. The zero-order valence-electron chi connectivity index (χ0n) is 23.8. The lowest BCUT2D eigenvalue weighted by molar-refractivity contribution is -0.137. The number of Topliss-reactive ketones (excluding diaryl/α,β-unsaturated/α-hetero) is 1. The van der Waals surface area contributed by atoms with Crippen LogP contribution >= 0.6 is 0 Å². The van der Waals surface area contributed by atoms with E-state index in [1.165, 1.54) is 24.4 Å². The predicted octanol–water partition coefficient (Wildman–Crippen LogP) is 4.84. The third-order valence-corrected chi connectivity index (χ3v) is 6.66. The second-order valence-electron chi connectivity index (χ2n) is 11.1. The maximum absolute atomic E-state index is 13.0. The summed E-state index contributed by atoms with van der Waals surface area (Å²) in [4.78, 5) is 42.1. The summed E-state index contributed by atoms with van der Waals surface area (Å²) in [5.41, 5.74) is 0.131. The molecule has 0 radical (unpaired) electrons. The number of ketones is 1. The van der Waals surface area contributed by atoms with Crippen molar-refractivity contribution >= 4 is 29.3 Å². The Morgan fingerprint density at radius 2 is 1.80 bits per heavy atom. The number of ether oxygens (including phenoxy) is 1. The van der Waals surface area contributed by atoms with Crippen molar-refractivity contribution < 1.29 is 32.3 Å². The normalized spacial score (nSPS) is 15.3. The van der Waals surface area contributed by atoms with E-state index in [0.29, 0.717) is 25.2 Å². The molecular formula is C28H37F3N6O4. The maximum atomic E-state index is 13.0. The standard InChI is InChI=1S/C28H37F3N6O4/c1-6-7-8-20(24(38)25(39)34-23-13-14-32-35-23)33-26(40)41-22(27(2,3)4)16-37-15-21(36(5)17-37)18-9-11-19(12-10-18)28(29,30)31/h9-15,20,22H,6-8,16-17H2,1-5H3,(H,33,40)(H2,32,34,35,39)/t20-,22+/m0/s1. The molecule has 0 aliphatic carbocycles. The number of alkyl carbamates (subject to hydrolysis) is 1. The van der Waals surface area contributed by atoms with Crippen molar-refractivity contribution in [2.75, 3.05) is 25.6 Å². The quantitative estimate of drug-likeness (QED) is 0.327. The number of anilines is 1. The number of carbonyl (C=O) groups is 3. The first-order valence-electron chi connectivity index (χ1n) is 13.4. The predicted molar refractivity (Wildman–Crippen MR) is 147 cm³/mol. The van der Waals surface area contributed by atoms with Crippen molar-refractivity contribution in [2.24, 2.45) is 5.41 Å². The number of rotatable bonds is 11. The molecule has 2 heterocycles. The number of amides is 2. The summed E-state index contributed by atoms with van der Waals surface area (Å²) in [6, 6.07) is 5.36. The summed E-state index contributed by atoms with van der Waals surface area (Å²) in [5.74, 6) is -1.43. The number of hydrogen-bond acceptors (Lipinski definition) is 7. The Morgan fingerprint density at radius 1 is 1.12 bits per heavy atom. The van der Waals surface area contributed by atoms with Gasteiger partial charge in [-0.25, -0.2) is 4.79 Å². The van der Waals surface area contributed by atoms with Gasteiger partial charge in [0.15, 0.2) is 0 Å². The molecule has 2 aromatic rings. The van der Waals surface area contributed by atoms with Gasteiger partial charge >= 0.3 is 12.3 Å². The van der Waals surface area contributed by atoms with E-state index in [9.17, 15) is 27.6 Å². The van der Waals surface area contributed by atoms with Crippen LogP contribution in [0.4, 0.5) is 23.8 Å². The number of nitrogens with zero attached hydrogens (tertiary/aromatic N) is 3. The Kier molecular flexibility index (Phi) is 10.1. The van der Waals surface area contributed by atoms with Crippen LogP contribution in [0.3, 0.4) is 0 Å². The Bertz CT molecular complexity index is 1220. The molecule has 0 saturated carbocycles. The highest BCUT2D eigenvalue weighted by molar-refractivity contribution is 6.42. The van der Waals surface area contributed by atoms with Crippen molar-refractivity contribution in [3.63, 3.8) is 0 Å². The summed E-state index contributed by atoms with van der Waals surface area (Å²) in [6.07, 6.45) is -1.00. The minimum Gasteiger partial charge on any atom is -0.444 e. The average molecular weight is 579 g/mol. The first-order valence-corrected chi connectivity index (χ1v) is 13.4. The van der Waals surface area contributed by atoms with E-state index in [1.807, 2.05) is 50.7 Å². The molecule has 0 spiro atoms. The van der Waals surface area contributed by atoms with Crippen LogP contribution in [-0.2, 0) is 20.5 Å². The van der Waals surface area contributed by atoms with Crippen molar-refractivity contribution in [1.82, 2.24) is 25.3 Å². The smallest absolute Gasteiger partial charge is 0.416 e. The molecule has 2 atom stereocenters. The zero-order chi connectivity index (χ0) is 30.4. The van der Waals surface area contributed by atoms with Crippen molar-refractivity contribution in [3.05, 3.63) is 53.9 Å². The fourth-order valence-corrected chi connectivity index (χ4v) is 4.25. The molecule has 1 aliphatic heterocycles. The van der Waals surface area contributed by atoms with Gasteiger partial charge in [0.25, 0.3) is 5.91 Å². The average Bonchev–Trinajstić information content (AvgIpc) is 3.54. The molecule has 0 unspecified atom stereocenters. The molecule has 0 bridgehead atoms. The highest BCUT2D eigenvalue weighted by Crippen LogP contribution is 2.32. The number of unbranched alkanes of at least 4 members (excludes halogenated alkanes) is 1. The van der Waals surface area contributed by atoms with Crippen molar-refractivity contribution in [1.29, 1.82) is 0 Å². The number of aromatic amines is 1. The van der Waals surface area contributed by atoms with Crippen LogP contribution in [0.25, 0.3) is 5.70 Å². The summed E-state index contributed by atoms with van der Waals surface area (Å²) >= 11 is 0. The topological polar surface area (TPSA) is 120 Å². The summed E-state index contributed by atoms with van der Waals surface area (Å²) in [6.45, 7) is 8.37. The van der Waals surface area contributed by atoms with Gasteiger partial charge in [-0.1, -0.05) is 52.7 Å². The van der Waals surface area contributed by atoms with Gasteiger partial charge < -0.3 is 25.2 Å². The highest BCUT2D eigenvalue weighted by Gasteiger charge is 2.34. The second-order valence-corrected chi connectivity index (χ2v) is 11.1. The number of nitrogens with one attached hydrogen (secondary N) is 3. The van der Waals surface area contributed by atoms with E-state index in [1.54, 1.807) is 0 Å². The van der Waals surface area contributed by atoms with Crippen LogP contribution in [0, 0.1) is 5.41 Å². The van der Waals surface area contributed by atoms with E-state index < -0.39 is 47.1 Å². The summed E-state index contributed by atoms with van der Waals surface area (Å²) in [5, 5.41) is 11.3. The third-order valence-electron chi connectivity index (χ3n) is 6.66. The van der Waals surface area contributed by atoms with E-state index in [0.717, 1.165) is 24.3 Å². The van der Waals surface area contributed by atoms with Gasteiger partial charge in [-0.05, 0) is 24.1 Å². The van der Waals surface area contributed by atoms with E-state index in [4.69, 9.17) is 4.74 Å². The number of aromatic nitrogens is 2. The fourth-order valence-electron chi connectivity index (χ4n) is 4.25. The van der Waals surface area contributed by atoms with Crippen LogP contribution in [0.15, 0.2) is 42.7 Å². The number of alkyl halides is 3. The Labute approximate surface area is 237 Å². The van der Waals surface area contributed by atoms with Crippen molar-refractivity contribution in [2.45, 2.75) is 65.3 Å². The monoisotopic (exact) mass is 578 g/mol. The lowest BCUT2D eigenvalue weighted by Gasteiger charge is -2.34. The molecule has 224 valence electrons. The van der Waals surface area contributed by atoms with Gasteiger partial charge in [0.05, 0.1) is 30.7 Å². The summed E-state index contributed by atoms with van der Waals surface area (Å²) < 4.78 is 44.7. The van der Waals surface area contributed by atoms with Gasteiger partial charge in [-0.2, -0.15) is 18.3 Å². The third kappa shape index (κ3) is 8.73. The first kappa shape index (κ1) is 31.5. The molecule has 0 fully saturated rings. The van der Waals surface area contributed by atoms with Crippen LogP contribution in [0.5, 0.6) is 0 Å². The van der Waals surface area contributed by atoms with E-state index in [2.05, 4.69) is 20.8 Å². The maximum Gasteiger partial charge on any atom is 0.416 e. The van der Waals surface area contributed by atoms with Crippen LogP contribution in [0.2, 0.25) is 0 Å². The van der Waals surface area contributed by atoms with Crippen molar-refractivity contribution in [3.8, 4) is 0 Å². The molecule has 13 heteroatoms. The second kappa shape index (κ2) is 13.1. The van der Waals surface area contributed by atoms with Crippen LogP contribution < -0.4 is 10.6 Å². The molecule has 1 aromatic heterocycles. The van der Waals surface area contributed by atoms with E-state index >= 15 is 0 Å².